The summed E-state index contributed by atoms with van der Waals surface area (Å²) in [6.07, 6.45) is 0. The van der Waals surface area contributed by atoms with E-state index in [2.05, 4.69) is 10.3 Å². The van der Waals surface area contributed by atoms with Gasteiger partial charge in [0.05, 0.1) is 16.4 Å². The van der Waals surface area contributed by atoms with Crippen LogP contribution in [0, 0.1) is 6.92 Å². The zero-order valence-electron chi connectivity index (χ0n) is 10.6. The van der Waals surface area contributed by atoms with E-state index in [-0.39, 0.29) is 5.91 Å². The molecule has 0 saturated carbocycles. The lowest BCUT2D eigenvalue weighted by molar-refractivity contribution is -0.110. The molecule has 3 nitrogen and oxygen atoms in total. The van der Waals surface area contributed by atoms with Gasteiger partial charge in [-0.15, -0.1) is 0 Å². The Morgan fingerprint density at radius 2 is 1.90 bits per heavy atom. The minimum Gasteiger partial charge on any atom is -0.320 e. The van der Waals surface area contributed by atoms with Crippen molar-refractivity contribution in [1.29, 1.82) is 0 Å². The summed E-state index contributed by atoms with van der Waals surface area (Å²) in [6.45, 7) is 1.97. The zero-order chi connectivity index (χ0) is 14.3. The molecule has 2 aromatic rings. The van der Waals surface area contributed by atoms with Gasteiger partial charge in [-0.2, -0.15) is 0 Å². The van der Waals surface area contributed by atoms with Crippen LogP contribution in [0.5, 0.6) is 0 Å². The SMILES string of the molecule is Cc1ccc2c(c1)C(=Nc1cc(Cl)ccc1Cl)C(=O)N2. The molecule has 2 aromatic carbocycles. The van der Waals surface area contributed by atoms with Crippen LogP contribution in [0.25, 0.3) is 0 Å². The molecule has 0 radical (unpaired) electrons. The van der Waals surface area contributed by atoms with Crippen LogP contribution in [0.1, 0.15) is 11.1 Å². The molecule has 3 rings (SSSR count). The average Bonchev–Trinajstić information content (AvgIpc) is 2.70. The number of aryl methyl sites for hydroxylation is 1. The summed E-state index contributed by atoms with van der Waals surface area (Å²) in [6, 6.07) is 10.7. The fraction of sp³-hybridized carbons (Fsp3) is 0.0667. The van der Waals surface area contributed by atoms with E-state index < -0.39 is 0 Å². The molecule has 0 fully saturated rings. The molecule has 0 unspecified atom stereocenters. The Kier molecular flexibility index (Phi) is 3.24. The van der Waals surface area contributed by atoms with Crippen molar-refractivity contribution in [2.75, 3.05) is 5.32 Å². The van der Waals surface area contributed by atoms with Gasteiger partial charge in [0.2, 0.25) is 0 Å². The molecular formula is C15H10Cl2N2O. The van der Waals surface area contributed by atoms with Crippen molar-refractivity contribution in [1.82, 2.24) is 0 Å². The standard InChI is InChI=1S/C15H10Cl2N2O/c1-8-2-5-12-10(6-8)14(15(20)19-12)18-13-7-9(16)3-4-11(13)17/h2-7H,1H3,(H,18,19,20). The van der Waals surface area contributed by atoms with E-state index in [1.165, 1.54) is 0 Å². The first kappa shape index (κ1) is 13.2. The molecular weight excluding hydrogens is 295 g/mol. The van der Waals surface area contributed by atoms with Crippen molar-refractivity contribution in [3.63, 3.8) is 0 Å². The highest BCUT2D eigenvalue weighted by Gasteiger charge is 2.26. The van der Waals surface area contributed by atoms with Crippen LogP contribution in [0.4, 0.5) is 11.4 Å². The van der Waals surface area contributed by atoms with Crippen molar-refractivity contribution >= 4 is 46.2 Å². The highest BCUT2D eigenvalue weighted by molar-refractivity contribution is 6.54. The van der Waals surface area contributed by atoms with Crippen molar-refractivity contribution < 1.29 is 4.79 Å². The molecule has 0 aromatic heterocycles. The lowest BCUT2D eigenvalue weighted by Crippen LogP contribution is -2.13. The number of halogens is 2. The molecule has 1 N–H and O–H groups in total. The number of fused-ring (bicyclic) bond motifs is 1. The van der Waals surface area contributed by atoms with Gasteiger partial charge >= 0.3 is 0 Å². The predicted octanol–water partition coefficient (Wildman–Crippen LogP) is 4.37. The summed E-state index contributed by atoms with van der Waals surface area (Å²) in [5, 5.41) is 3.76. The number of anilines is 1. The lowest BCUT2D eigenvalue weighted by atomic mass is 10.1. The summed E-state index contributed by atoms with van der Waals surface area (Å²) in [4.78, 5) is 16.4. The number of aliphatic imine (C=N–C) groups is 1. The van der Waals surface area contributed by atoms with Crippen molar-refractivity contribution in [2.24, 2.45) is 4.99 Å². The number of hydrogen-bond donors (Lipinski definition) is 1. The molecule has 0 atom stereocenters. The maximum absolute atomic E-state index is 12.0. The minimum absolute atomic E-state index is 0.235. The van der Waals surface area contributed by atoms with Crippen molar-refractivity contribution in [3.05, 3.63) is 57.6 Å². The second kappa shape index (κ2) is 4.93. The molecule has 100 valence electrons. The number of nitrogens with one attached hydrogen (secondary N) is 1. The number of carbonyl (C=O) groups excluding carboxylic acids is 1. The fourth-order valence-corrected chi connectivity index (χ4v) is 2.40. The van der Waals surface area contributed by atoms with E-state index in [0.29, 0.717) is 21.4 Å². The van der Waals surface area contributed by atoms with Gasteiger partial charge in [0, 0.05) is 10.6 Å². The number of amides is 1. The van der Waals surface area contributed by atoms with Gasteiger partial charge in [-0.1, -0.05) is 34.8 Å². The van der Waals surface area contributed by atoms with E-state index in [4.69, 9.17) is 23.2 Å². The number of hydrogen-bond acceptors (Lipinski definition) is 2. The van der Waals surface area contributed by atoms with E-state index in [1.54, 1.807) is 18.2 Å². The van der Waals surface area contributed by atoms with Crippen LogP contribution in [-0.4, -0.2) is 11.6 Å². The topological polar surface area (TPSA) is 41.5 Å². The summed E-state index contributed by atoms with van der Waals surface area (Å²) < 4.78 is 0. The van der Waals surface area contributed by atoms with E-state index in [9.17, 15) is 4.79 Å². The van der Waals surface area contributed by atoms with Gasteiger partial charge in [-0.05, 0) is 37.3 Å². The maximum atomic E-state index is 12.0. The van der Waals surface area contributed by atoms with Gasteiger partial charge in [-0.3, -0.25) is 4.79 Å². The first-order valence-electron chi connectivity index (χ1n) is 6.01. The van der Waals surface area contributed by atoms with Crippen LogP contribution in [0.2, 0.25) is 10.0 Å². The van der Waals surface area contributed by atoms with Crippen molar-refractivity contribution in [2.45, 2.75) is 6.92 Å². The van der Waals surface area contributed by atoms with Crippen molar-refractivity contribution in [3.8, 4) is 0 Å². The highest BCUT2D eigenvalue weighted by Crippen LogP contribution is 2.31. The summed E-state index contributed by atoms with van der Waals surface area (Å²) >= 11 is 12.0. The molecule has 5 heteroatoms. The molecule has 20 heavy (non-hydrogen) atoms. The third kappa shape index (κ3) is 2.30. The number of nitrogens with zero attached hydrogens (tertiary/aromatic N) is 1. The maximum Gasteiger partial charge on any atom is 0.275 e. The van der Waals surface area contributed by atoms with Gasteiger partial charge in [0.25, 0.3) is 5.91 Å². The summed E-state index contributed by atoms with van der Waals surface area (Å²) in [5.74, 6) is -0.235. The van der Waals surface area contributed by atoms with E-state index in [1.807, 2.05) is 25.1 Å². The molecule has 1 aliphatic rings. The van der Waals surface area contributed by atoms with Gasteiger partial charge in [0.15, 0.2) is 0 Å². The molecule has 0 aliphatic carbocycles. The summed E-state index contributed by atoms with van der Waals surface area (Å²) in [7, 11) is 0. The van der Waals surface area contributed by atoms with Gasteiger partial charge in [0.1, 0.15) is 5.71 Å². The summed E-state index contributed by atoms with van der Waals surface area (Å²) in [5.41, 5.74) is 3.44. The molecule has 1 heterocycles. The Morgan fingerprint density at radius 3 is 2.70 bits per heavy atom. The molecule has 1 amide bonds. The monoisotopic (exact) mass is 304 g/mol. The Balaban J connectivity index is 2.15. The number of rotatable bonds is 1. The second-order valence-electron chi connectivity index (χ2n) is 4.56. The Bertz CT molecular complexity index is 754. The van der Waals surface area contributed by atoms with Gasteiger partial charge in [-0.25, -0.2) is 4.99 Å². The minimum atomic E-state index is -0.235. The second-order valence-corrected chi connectivity index (χ2v) is 5.40. The third-order valence-electron chi connectivity index (χ3n) is 3.03. The third-order valence-corrected chi connectivity index (χ3v) is 3.59. The van der Waals surface area contributed by atoms with E-state index in [0.717, 1.165) is 16.8 Å². The molecule has 1 aliphatic heterocycles. The average molecular weight is 305 g/mol. The highest BCUT2D eigenvalue weighted by atomic mass is 35.5. The molecule has 0 spiro atoms. The quantitative estimate of drug-likeness (QED) is 0.835. The van der Waals surface area contributed by atoms with Crippen LogP contribution in [0.15, 0.2) is 41.4 Å². The van der Waals surface area contributed by atoms with Crippen LogP contribution in [-0.2, 0) is 4.79 Å². The lowest BCUT2D eigenvalue weighted by Gasteiger charge is -2.02. The van der Waals surface area contributed by atoms with Gasteiger partial charge < -0.3 is 5.32 Å². The first-order valence-corrected chi connectivity index (χ1v) is 6.76. The predicted molar refractivity (Wildman–Crippen MR) is 82.5 cm³/mol. The van der Waals surface area contributed by atoms with E-state index >= 15 is 0 Å². The zero-order valence-corrected chi connectivity index (χ0v) is 12.1. The first-order chi connectivity index (χ1) is 9.54. The molecule has 0 saturated heterocycles. The normalized spacial score (nSPS) is 15.3. The largest absolute Gasteiger partial charge is 0.320 e. The van der Waals surface area contributed by atoms with Crippen LogP contribution >= 0.6 is 23.2 Å². The Labute approximate surface area is 126 Å². The van der Waals surface area contributed by atoms with Crippen LogP contribution in [0.3, 0.4) is 0 Å². The molecule has 0 bridgehead atoms. The smallest absolute Gasteiger partial charge is 0.275 e. The Morgan fingerprint density at radius 1 is 1.10 bits per heavy atom. The fourth-order valence-electron chi connectivity index (χ4n) is 2.07. The number of carbonyl (C=O) groups is 1. The Hall–Kier alpha value is -1.84. The number of benzene rings is 2. The van der Waals surface area contributed by atoms with Crippen LogP contribution < -0.4 is 5.32 Å².